The lowest BCUT2D eigenvalue weighted by molar-refractivity contribution is 0.0960. The molecule has 0 saturated carbocycles. The van der Waals surface area contributed by atoms with E-state index < -0.39 is 10.0 Å². The molecule has 2 heterocycles. The second-order valence-electron chi connectivity index (χ2n) is 8.60. The predicted molar refractivity (Wildman–Crippen MR) is 134 cm³/mol. The van der Waals surface area contributed by atoms with Crippen LogP contribution in [0.3, 0.4) is 0 Å². The first-order valence-electron chi connectivity index (χ1n) is 11.6. The molecule has 0 N–H and O–H groups in total. The number of aromatic nitrogens is 2. The van der Waals surface area contributed by atoms with E-state index in [0.717, 1.165) is 42.4 Å². The van der Waals surface area contributed by atoms with Gasteiger partial charge in [0, 0.05) is 25.4 Å². The molecule has 6 nitrogen and oxygen atoms in total. The molecule has 1 aromatic heterocycles. The van der Waals surface area contributed by atoms with Crippen LogP contribution in [0.1, 0.15) is 43.4 Å². The molecule has 1 aliphatic rings. The van der Waals surface area contributed by atoms with Gasteiger partial charge < -0.3 is 9.30 Å². The molecular formula is C25H33N3O3S2. The van der Waals surface area contributed by atoms with Crippen molar-refractivity contribution in [2.75, 3.05) is 19.7 Å². The normalized spacial score (nSPS) is 16.8. The smallest absolute Gasteiger partial charge is 0.243 e. The minimum Gasteiger partial charge on any atom is -0.376 e. The number of hydrogen-bond acceptors (Lipinski definition) is 5. The first kappa shape index (κ1) is 24.3. The van der Waals surface area contributed by atoms with Gasteiger partial charge in [-0.1, -0.05) is 49.4 Å². The third kappa shape index (κ3) is 5.14. The summed E-state index contributed by atoms with van der Waals surface area (Å²) >= 11 is 1.70. The van der Waals surface area contributed by atoms with Crippen LogP contribution in [0.2, 0.25) is 0 Å². The van der Waals surface area contributed by atoms with Crippen molar-refractivity contribution in [3.05, 3.63) is 53.1 Å². The molecule has 0 amide bonds. The van der Waals surface area contributed by atoms with Crippen LogP contribution in [0.15, 0.2) is 46.5 Å². The summed E-state index contributed by atoms with van der Waals surface area (Å²) in [5.41, 5.74) is 5.47. The van der Waals surface area contributed by atoms with Crippen molar-refractivity contribution in [1.29, 1.82) is 0 Å². The topological polar surface area (TPSA) is 64.4 Å². The van der Waals surface area contributed by atoms with Crippen molar-refractivity contribution >= 4 is 32.8 Å². The van der Waals surface area contributed by atoms with E-state index >= 15 is 0 Å². The number of fused-ring (bicyclic) bond motifs is 1. The van der Waals surface area contributed by atoms with Crippen LogP contribution < -0.4 is 0 Å². The Morgan fingerprint density at radius 3 is 2.64 bits per heavy atom. The highest BCUT2D eigenvalue weighted by atomic mass is 32.2. The lowest BCUT2D eigenvalue weighted by atomic mass is 10.1. The van der Waals surface area contributed by atoms with Crippen molar-refractivity contribution in [3.8, 4) is 0 Å². The second-order valence-corrected chi connectivity index (χ2v) is 11.5. The van der Waals surface area contributed by atoms with Gasteiger partial charge in [0.15, 0.2) is 5.16 Å². The lowest BCUT2D eigenvalue weighted by Crippen LogP contribution is -2.30. The predicted octanol–water partition coefficient (Wildman–Crippen LogP) is 5.15. The molecule has 0 radical (unpaired) electrons. The van der Waals surface area contributed by atoms with Crippen molar-refractivity contribution in [3.63, 3.8) is 0 Å². The van der Waals surface area contributed by atoms with Crippen LogP contribution in [-0.4, -0.2) is 48.1 Å². The molecule has 2 aromatic carbocycles. The summed E-state index contributed by atoms with van der Waals surface area (Å²) in [6, 6.07) is 11.8. The molecule has 1 atom stereocenters. The molecule has 33 heavy (non-hydrogen) atoms. The van der Waals surface area contributed by atoms with Gasteiger partial charge in [-0.05, 0) is 56.0 Å². The second kappa shape index (κ2) is 10.2. The lowest BCUT2D eigenvalue weighted by Gasteiger charge is -2.18. The Balaban J connectivity index is 1.71. The number of nitrogens with zero attached hydrogens (tertiary/aromatic N) is 3. The van der Waals surface area contributed by atoms with E-state index in [1.54, 1.807) is 23.9 Å². The molecule has 178 valence electrons. The minimum absolute atomic E-state index is 0.168. The van der Waals surface area contributed by atoms with Gasteiger partial charge in [0.25, 0.3) is 0 Å². The maximum Gasteiger partial charge on any atom is 0.243 e. The fourth-order valence-corrected chi connectivity index (χ4v) is 6.90. The number of hydrogen-bond donors (Lipinski definition) is 0. The fourth-order valence-electron chi connectivity index (χ4n) is 4.34. The van der Waals surface area contributed by atoms with E-state index in [1.165, 1.54) is 21.0 Å². The van der Waals surface area contributed by atoms with E-state index in [-0.39, 0.29) is 6.10 Å². The molecule has 0 unspecified atom stereocenters. The number of imidazole rings is 1. The fraction of sp³-hybridized carbons (Fsp3) is 0.480. The summed E-state index contributed by atoms with van der Waals surface area (Å²) in [7, 11) is -3.53. The summed E-state index contributed by atoms with van der Waals surface area (Å²) < 4.78 is 35.7. The third-order valence-electron chi connectivity index (χ3n) is 6.30. The highest BCUT2D eigenvalue weighted by Gasteiger charge is 2.24. The summed E-state index contributed by atoms with van der Waals surface area (Å²) in [5.74, 6) is 0.812. The van der Waals surface area contributed by atoms with Crippen molar-refractivity contribution in [2.24, 2.45) is 0 Å². The Labute approximate surface area is 201 Å². The zero-order chi connectivity index (χ0) is 23.6. The monoisotopic (exact) mass is 487 g/mol. The Bertz CT molecular complexity index is 1230. The van der Waals surface area contributed by atoms with Crippen molar-refractivity contribution in [1.82, 2.24) is 13.9 Å². The Morgan fingerprint density at radius 1 is 1.15 bits per heavy atom. The molecule has 1 aliphatic heterocycles. The Hall–Kier alpha value is -1.87. The van der Waals surface area contributed by atoms with Gasteiger partial charge in [0.05, 0.1) is 28.6 Å². The first-order valence-corrected chi connectivity index (χ1v) is 14.1. The van der Waals surface area contributed by atoms with Gasteiger partial charge >= 0.3 is 0 Å². The van der Waals surface area contributed by atoms with Gasteiger partial charge in [-0.15, -0.1) is 0 Å². The molecule has 8 heteroatoms. The van der Waals surface area contributed by atoms with E-state index in [4.69, 9.17) is 9.72 Å². The van der Waals surface area contributed by atoms with Gasteiger partial charge in [0.1, 0.15) is 0 Å². The standard InChI is InChI=1S/C25H33N3O3S2/c1-5-27(6-2)33(29,30)22-11-12-24-23(15-22)26-25(28(24)16-21-8-7-13-31-21)32-17-20-14-18(3)9-10-19(20)4/h9-12,14-15,21H,5-8,13,16-17H2,1-4H3/t21-/m1/s1. The largest absolute Gasteiger partial charge is 0.376 e. The summed E-state index contributed by atoms with van der Waals surface area (Å²) in [6.45, 7) is 10.4. The zero-order valence-corrected chi connectivity index (χ0v) is 21.5. The summed E-state index contributed by atoms with van der Waals surface area (Å²) in [4.78, 5) is 5.19. The van der Waals surface area contributed by atoms with Gasteiger partial charge in [0.2, 0.25) is 10.0 Å². The highest BCUT2D eigenvalue weighted by Crippen LogP contribution is 2.31. The molecule has 0 spiro atoms. The van der Waals surface area contributed by atoms with Crippen LogP contribution in [-0.2, 0) is 27.1 Å². The highest BCUT2D eigenvalue weighted by molar-refractivity contribution is 7.98. The van der Waals surface area contributed by atoms with Crippen LogP contribution in [0.5, 0.6) is 0 Å². The summed E-state index contributed by atoms with van der Waals surface area (Å²) in [6.07, 6.45) is 2.28. The number of benzene rings is 2. The van der Waals surface area contributed by atoms with Crippen LogP contribution >= 0.6 is 11.8 Å². The Kier molecular flexibility index (Phi) is 7.48. The third-order valence-corrected chi connectivity index (χ3v) is 9.37. The van der Waals surface area contributed by atoms with Crippen LogP contribution in [0.25, 0.3) is 11.0 Å². The summed E-state index contributed by atoms with van der Waals surface area (Å²) in [5, 5.41) is 0.902. The average Bonchev–Trinajstić information content (AvgIpc) is 3.43. The van der Waals surface area contributed by atoms with E-state index in [1.807, 2.05) is 19.9 Å². The average molecular weight is 488 g/mol. The molecule has 1 saturated heterocycles. The number of rotatable bonds is 9. The van der Waals surface area contributed by atoms with Gasteiger partial charge in [-0.3, -0.25) is 0 Å². The molecule has 0 aliphatic carbocycles. The number of aryl methyl sites for hydroxylation is 2. The molecule has 0 bridgehead atoms. The van der Waals surface area contributed by atoms with Gasteiger partial charge in [-0.2, -0.15) is 4.31 Å². The number of ether oxygens (including phenoxy) is 1. The van der Waals surface area contributed by atoms with Crippen LogP contribution in [0, 0.1) is 13.8 Å². The quantitative estimate of drug-likeness (QED) is 0.390. The van der Waals surface area contributed by atoms with Crippen molar-refractivity contribution < 1.29 is 13.2 Å². The molecule has 3 aromatic rings. The SMILES string of the molecule is CCN(CC)S(=O)(=O)c1ccc2c(c1)nc(SCc1cc(C)ccc1C)n2C[C@H]1CCCO1. The molecule has 1 fully saturated rings. The van der Waals surface area contributed by atoms with E-state index in [0.29, 0.717) is 23.5 Å². The zero-order valence-electron chi connectivity index (χ0n) is 19.9. The molecule has 4 rings (SSSR count). The molecular weight excluding hydrogens is 454 g/mol. The van der Waals surface area contributed by atoms with Gasteiger partial charge in [-0.25, -0.2) is 13.4 Å². The maximum atomic E-state index is 13.1. The first-order chi connectivity index (χ1) is 15.8. The number of thioether (sulfide) groups is 1. The van der Waals surface area contributed by atoms with Crippen LogP contribution in [0.4, 0.5) is 0 Å². The Morgan fingerprint density at radius 2 is 1.94 bits per heavy atom. The van der Waals surface area contributed by atoms with Crippen molar-refractivity contribution in [2.45, 2.75) is 69.0 Å². The minimum atomic E-state index is -3.53. The van der Waals surface area contributed by atoms with E-state index in [9.17, 15) is 8.42 Å². The number of sulfonamides is 1. The maximum absolute atomic E-state index is 13.1. The van der Waals surface area contributed by atoms with E-state index in [2.05, 4.69) is 36.6 Å².